The molecule has 2 atom stereocenters. The van der Waals surface area contributed by atoms with Crippen LogP contribution in [0.5, 0.6) is 17.2 Å². The fourth-order valence-electron chi connectivity index (χ4n) is 3.96. The van der Waals surface area contributed by atoms with Crippen LogP contribution in [0.15, 0.2) is 47.5 Å². The average molecular weight is 427 g/mol. The van der Waals surface area contributed by atoms with E-state index in [9.17, 15) is 5.11 Å². The highest BCUT2D eigenvalue weighted by Gasteiger charge is 2.29. The number of hydrogen-bond acceptors (Lipinski definition) is 5. The first kappa shape index (κ1) is 22.7. The van der Waals surface area contributed by atoms with Crippen molar-refractivity contribution in [2.24, 2.45) is 4.99 Å². The largest absolute Gasteiger partial charge is 0.502 e. The molecule has 1 saturated heterocycles. The van der Waals surface area contributed by atoms with Crippen molar-refractivity contribution in [2.75, 3.05) is 27.3 Å². The summed E-state index contributed by atoms with van der Waals surface area (Å²) in [4.78, 5) is 7.25. The molecule has 2 unspecified atom stereocenters. The summed E-state index contributed by atoms with van der Waals surface area (Å²) < 4.78 is 10.5. The van der Waals surface area contributed by atoms with Gasteiger partial charge < -0.3 is 25.2 Å². The molecule has 0 aliphatic carbocycles. The van der Waals surface area contributed by atoms with Gasteiger partial charge in [-0.05, 0) is 43.5 Å². The molecule has 168 valence electrons. The predicted molar refractivity (Wildman–Crippen MR) is 124 cm³/mol. The summed E-state index contributed by atoms with van der Waals surface area (Å²) in [6.45, 7) is 7.50. The number of likely N-dealkylation sites (tertiary alicyclic amines) is 1. The summed E-state index contributed by atoms with van der Waals surface area (Å²) in [5.41, 5.74) is 2.24. The number of hydrogen-bond donors (Lipinski definition) is 3. The monoisotopic (exact) mass is 426 g/mol. The van der Waals surface area contributed by atoms with Gasteiger partial charge in [0.05, 0.1) is 20.8 Å². The van der Waals surface area contributed by atoms with E-state index in [1.165, 1.54) is 19.8 Å². The maximum Gasteiger partial charge on any atom is 0.200 e. The van der Waals surface area contributed by atoms with Crippen LogP contribution in [0.3, 0.4) is 0 Å². The van der Waals surface area contributed by atoms with E-state index in [2.05, 4.69) is 59.7 Å². The average Bonchev–Trinajstić information content (AvgIpc) is 3.12. The Morgan fingerprint density at radius 3 is 2.42 bits per heavy atom. The Balaban J connectivity index is 1.65. The van der Waals surface area contributed by atoms with Gasteiger partial charge in [-0.25, -0.2) is 4.99 Å². The summed E-state index contributed by atoms with van der Waals surface area (Å²) in [7, 11) is 3.05. The highest BCUT2D eigenvalue weighted by atomic mass is 16.5. The van der Waals surface area contributed by atoms with Crippen molar-refractivity contribution in [1.29, 1.82) is 0 Å². The normalized spacial score (nSPS) is 19.3. The molecular formula is C24H34N4O3. The topological polar surface area (TPSA) is 78.4 Å². The van der Waals surface area contributed by atoms with Crippen LogP contribution in [0.1, 0.15) is 31.4 Å². The number of nitrogens with one attached hydrogen (secondary N) is 2. The second-order valence-electron chi connectivity index (χ2n) is 7.89. The number of nitrogens with zero attached hydrogens (tertiary/aromatic N) is 2. The number of aromatic hydroxyl groups is 1. The quantitative estimate of drug-likeness (QED) is 0.445. The molecule has 7 heteroatoms. The molecule has 0 aromatic heterocycles. The SMILES string of the molecule is CCNC(=NCc1cc(OC)c(O)c(OC)c1)NC1CC(C)N(Cc2ccccc2)C1. The Hall–Kier alpha value is -2.93. The number of phenolic OH excluding ortho intramolecular Hbond substituents is 1. The first-order valence-corrected chi connectivity index (χ1v) is 10.8. The molecule has 3 rings (SSSR count). The van der Waals surface area contributed by atoms with E-state index in [1.807, 2.05) is 0 Å². The van der Waals surface area contributed by atoms with Gasteiger partial charge >= 0.3 is 0 Å². The van der Waals surface area contributed by atoms with Crippen LogP contribution in [-0.4, -0.2) is 55.4 Å². The van der Waals surface area contributed by atoms with Gasteiger partial charge in [-0.2, -0.15) is 0 Å². The minimum absolute atomic E-state index is 0.00112. The second kappa shape index (κ2) is 10.9. The molecule has 31 heavy (non-hydrogen) atoms. The minimum Gasteiger partial charge on any atom is -0.502 e. The van der Waals surface area contributed by atoms with Gasteiger partial charge in [0, 0.05) is 31.7 Å². The lowest BCUT2D eigenvalue weighted by Gasteiger charge is -2.21. The fourth-order valence-corrected chi connectivity index (χ4v) is 3.96. The Kier molecular flexibility index (Phi) is 8.00. The molecule has 7 nitrogen and oxygen atoms in total. The van der Waals surface area contributed by atoms with E-state index in [1.54, 1.807) is 12.1 Å². The van der Waals surface area contributed by atoms with Crippen LogP contribution in [-0.2, 0) is 13.1 Å². The summed E-state index contributed by atoms with van der Waals surface area (Å²) in [6.07, 6.45) is 1.07. The van der Waals surface area contributed by atoms with Crippen molar-refractivity contribution in [2.45, 2.75) is 45.4 Å². The van der Waals surface area contributed by atoms with E-state index in [-0.39, 0.29) is 5.75 Å². The van der Waals surface area contributed by atoms with Crippen LogP contribution in [0.25, 0.3) is 0 Å². The van der Waals surface area contributed by atoms with Crippen molar-refractivity contribution in [3.8, 4) is 17.2 Å². The number of phenols is 1. The van der Waals surface area contributed by atoms with E-state index < -0.39 is 0 Å². The Morgan fingerprint density at radius 1 is 1.13 bits per heavy atom. The van der Waals surface area contributed by atoms with Crippen molar-refractivity contribution < 1.29 is 14.6 Å². The second-order valence-corrected chi connectivity index (χ2v) is 7.89. The summed E-state index contributed by atoms with van der Waals surface area (Å²) in [6, 6.07) is 15.0. The van der Waals surface area contributed by atoms with E-state index >= 15 is 0 Å². The molecule has 0 radical (unpaired) electrons. The van der Waals surface area contributed by atoms with Crippen LogP contribution < -0.4 is 20.1 Å². The van der Waals surface area contributed by atoms with Gasteiger partial charge in [0.25, 0.3) is 0 Å². The number of ether oxygens (including phenoxy) is 2. The Bertz CT molecular complexity index is 847. The van der Waals surface area contributed by atoms with E-state index in [0.717, 1.165) is 37.6 Å². The molecule has 0 saturated carbocycles. The molecule has 1 heterocycles. The zero-order chi connectivity index (χ0) is 22.2. The third-order valence-corrected chi connectivity index (χ3v) is 5.58. The number of methoxy groups -OCH3 is 2. The third-order valence-electron chi connectivity index (χ3n) is 5.58. The van der Waals surface area contributed by atoms with E-state index in [4.69, 9.17) is 14.5 Å². The Morgan fingerprint density at radius 2 is 1.81 bits per heavy atom. The fraction of sp³-hybridized carbons (Fsp3) is 0.458. The number of aliphatic imine (C=N–C) groups is 1. The highest BCUT2D eigenvalue weighted by Crippen LogP contribution is 2.37. The lowest BCUT2D eigenvalue weighted by atomic mass is 10.2. The third kappa shape index (κ3) is 6.04. The van der Waals surface area contributed by atoms with Gasteiger partial charge in [-0.15, -0.1) is 0 Å². The maximum atomic E-state index is 10.1. The summed E-state index contributed by atoms with van der Waals surface area (Å²) in [5, 5.41) is 17.0. The number of guanidine groups is 1. The van der Waals surface area contributed by atoms with Crippen LogP contribution in [0.4, 0.5) is 0 Å². The van der Waals surface area contributed by atoms with E-state index in [0.29, 0.717) is 30.1 Å². The smallest absolute Gasteiger partial charge is 0.200 e. The lowest BCUT2D eigenvalue weighted by molar-refractivity contribution is 0.258. The van der Waals surface area contributed by atoms with Crippen LogP contribution in [0, 0.1) is 0 Å². The summed E-state index contributed by atoms with van der Waals surface area (Å²) >= 11 is 0. The van der Waals surface area contributed by atoms with Gasteiger partial charge in [-0.1, -0.05) is 30.3 Å². The molecule has 3 N–H and O–H groups in total. The zero-order valence-corrected chi connectivity index (χ0v) is 18.9. The van der Waals surface area contributed by atoms with Gasteiger partial charge in [0.15, 0.2) is 17.5 Å². The predicted octanol–water partition coefficient (Wildman–Crippen LogP) is 3.13. The highest BCUT2D eigenvalue weighted by molar-refractivity contribution is 5.80. The molecule has 1 aliphatic heterocycles. The minimum atomic E-state index is 0.00112. The molecule has 0 amide bonds. The first-order chi connectivity index (χ1) is 15.0. The molecule has 0 bridgehead atoms. The maximum absolute atomic E-state index is 10.1. The molecule has 2 aromatic carbocycles. The van der Waals surface area contributed by atoms with Gasteiger partial charge in [0.2, 0.25) is 5.75 Å². The zero-order valence-electron chi connectivity index (χ0n) is 18.9. The Labute approximate surface area is 185 Å². The first-order valence-electron chi connectivity index (χ1n) is 10.8. The molecule has 1 fully saturated rings. The molecule has 2 aromatic rings. The van der Waals surface area contributed by atoms with Gasteiger partial charge in [-0.3, -0.25) is 4.90 Å². The summed E-state index contributed by atoms with van der Waals surface area (Å²) in [5.74, 6) is 1.54. The van der Waals surface area contributed by atoms with Crippen molar-refractivity contribution in [3.05, 3.63) is 53.6 Å². The van der Waals surface area contributed by atoms with Crippen molar-refractivity contribution >= 4 is 5.96 Å². The lowest BCUT2D eigenvalue weighted by Crippen LogP contribution is -2.44. The van der Waals surface area contributed by atoms with Crippen LogP contribution in [0.2, 0.25) is 0 Å². The standard InChI is InChI=1S/C24H34N4O3/c1-5-25-24(26-14-19-12-21(30-3)23(29)22(13-19)31-4)27-20-11-17(2)28(16-20)15-18-9-7-6-8-10-18/h6-10,12-13,17,20,29H,5,11,14-16H2,1-4H3,(H2,25,26,27). The van der Waals surface area contributed by atoms with Crippen LogP contribution >= 0.6 is 0 Å². The van der Waals surface area contributed by atoms with Crippen molar-refractivity contribution in [1.82, 2.24) is 15.5 Å². The molecule has 0 spiro atoms. The number of benzene rings is 2. The molecular weight excluding hydrogens is 392 g/mol. The van der Waals surface area contributed by atoms with Crippen molar-refractivity contribution in [3.63, 3.8) is 0 Å². The number of rotatable bonds is 8. The molecule has 1 aliphatic rings. The van der Waals surface area contributed by atoms with Gasteiger partial charge in [0.1, 0.15) is 0 Å².